The summed E-state index contributed by atoms with van der Waals surface area (Å²) < 4.78 is 5.25. The van der Waals surface area contributed by atoms with E-state index in [1.54, 1.807) is 18.0 Å². The van der Waals surface area contributed by atoms with Crippen molar-refractivity contribution in [2.75, 3.05) is 31.9 Å². The number of hydrogen-bond donors (Lipinski definition) is 0. The second kappa shape index (κ2) is 8.25. The number of amides is 1. The Morgan fingerprint density at radius 3 is 2.68 bits per heavy atom. The Hall–Kier alpha value is -1.45. The lowest BCUT2D eigenvalue weighted by Gasteiger charge is -2.38. The van der Waals surface area contributed by atoms with Gasteiger partial charge in [-0.2, -0.15) is 5.26 Å². The lowest BCUT2D eigenvalue weighted by molar-refractivity contribution is -0.130. The number of furan rings is 1. The van der Waals surface area contributed by atoms with Crippen molar-refractivity contribution in [2.24, 2.45) is 5.92 Å². The highest BCUT2D eigenvalue weighted by Crippen LogP contribution is 2.16. The van der Waals surface area contributed by atoms with Gasteiger partial charge in [0.2, 0.25) is 5.91 Å². The van der Waals surface area contributed by atoms with Crippen molar-refractivity contribution in [3.63, 3.8) is 0 Å². The maximum atomic E-state index is 12.2. The zero-order valence-electron chi connectivity index (χ0n) is 13.2. The van der Waals surface area contributed by atoms with Gasteiger partial charge in [-0.15, -0.1) is 11.8 Å². The fraction of sp³-hybridized carbons (Fsp3) is 0.625. The SMILES string of the molecule is CC(C)C(C#N)N1CCN(C(=O)CSCc2ccco2)CC1. The standard InChI is InChI=1S/C16H23N3O2S/c1-13(2)15(10-17)18-5-7-19(8-6-18)16(20)12-22-11-14-4-3-9-21-14/h3-4,9,13,15H,5-8,11-12H2,1-2H3. The summed E-state index contributed by atoms with van der Waals surface area (Å²) in [5, 5.41) is 9.25. The van der Waals surface area contributed by atoms with Crippen molar-refractivity contribution in [1.82, 2.24) is 9.80 Å². The van der Waals surface area contributed by atoms with Crippen LogP contribution in [-0.2, 0) is 10.5 Å². The Kier molecular flexibility index (Phi) is 6.34. The average molecular weight is 321 g/mol. The van der Waals surface area contributed by atoms with E-state index >= 15 is 0 Å². The molecule has 0 saturated carbocycles. The molecule has 0 N–H and O–H groups in total. The van der Waals surface area contributed by atoms with Gasteiger partial charge in [-0.3, -0.25) is 9.69 Å². The molecule has 0 aliphatic carbocycles. The molecule has 0 radical (unpaired) electrons. The molecule has 1 fully saturated rings. The van der Waals surface area contributed by atoms with Gasteiger partial charge in [0.25, 0.3) is 0 Å². The minimum atomic E-state index is -0.0504. The van der Waals surface area contributed by atoms with Crippen molar-refractivity contribution in [3.05, 3.63) is 24.2 Å². The summed E-state index contributed by atoms with van der Waals surface area (Å²) in [6.07, 6.45) is 1.65. The number of hydrogen-bond acceptors (Lipinski definition) is 5. The molecule has 5 nitrogen and oxygen atoms in total. The van der Waals surface area contributed by atoms with Crippen LogP contribution >= 0.6 is 11.8 Å². The predicted octanol–water partition coefficient (Wildman–Crippen LogP) is 2.21. The largest absolute Gasteiger partial charge is 0.468 e. The van der Waals surface area contributed by atoms with E-state index in [1.165, 1.54) is 0 Å². The third kappa shape index (κ3) is 4.52. The van der Waals surface area contributed by atoms with Gasteiger partial charge in [-0.05, 0) is 18.1 Å². The zero-order valence-corrected chi connectivity index (χ0v) is 14.0. The van der Waals surface area contributed by atoms with E-state index in [0.717, 1.165) is 24.6 Å². The Labute approximate surface area is 136 Å². The van der Waals surface area contributed by atoms with Crippen LogP contribution in [0.25, 0.3) is 0 Å². The second-order valence-corrected chi connectivity index (χ2v) is 6.79. The summed E-state index contributed by atoms with van der Waals surface area (Å²) in [5.41, 5.74) is 0. The van der Waals surface area contributed by atoms with Crippen molar-refractivity contribution in [2.45, 2.75) is 25.6 Å². The highest BCUT2D eigenvalue weighted by atomic mass is 32.2. The molecule has 2 rings (SSSR count). The normalized spacial score (nSPS) is 17.5. The van der Waals surface area contributed by atoms with Crippen molar-refractivity contribution in [1.29, 1.82) is 5.26 Å². The Morgan fingerprint density at radius 2 is 2.14 bits per heavy atom. The van der Waals surface area contributed by atoms with Gasteiger partial charge in [0, 0.05) is 26.2 Å². The van der Waals surface area contributed by atoms with E-state index in [2.05, 4.69) is 24.8 Å². The van der Waals surface area contributed by atoms with Crippen LogP contribution < -0.4 is 0 Å². The molecule has 1 atom stereocenters. The van der Waals surface area contributed by atoms with Crippen LogP contribution in [0.15, 0.2) is 22.8 Å². The molecule has 2 heterocycles. The summed E-state index contributed by atoms with van der Waals surface area (Å²) in [6, 6.07) is 6.10. The predicted molar refractivity (Wildman–Crippen MR) is 87.3 cm³/mol. The molecule has 1 aliphatic rings. The van der Waals surface area contributed by atoms with E-state index < -0.39 is 0 Å². The van der Waals surface area contributed by atoms with E-state index in [9.17, 15) is 10.1 Å². The molecular formula is C16H23N3O2S. The third-order valence-electron chi connectivity index (χ3n) is 3.87. The maximum absolute atomic E-state index is 12.2. The third-order valence-corrected chi connectivity index (χ3v) is 4.81. The number of rotatable bonds is 6. The van der Waals surface area contributed by atoms with Gasteiger partial charge >= 0.3 is 0 Å². The number of piperazine rings is 1. The maximum Gasteiger partial charge on any atom is 0.232 e. The number of thioether (sulfide) groups is 1. The average Bonchev–Trinajstić information content (AvgIpc) is 3.01. The second-order valence-electron chi connectivity index (χ2n) is 5.81. The lowest BCUT2D eigenvalue weighted by Crippen LogP contribution is -2.53. The van der Waals surface area contributed by atoms with Crippen LogP contribution in [0.3, 0.4) is 0 Å². The van der Waals surface area contributed by atoms with Gasteiger partial charge in [0.15, 0.2) is 0 Å². The van der Waals surface area contributed by atoms with Crippen LogP contribution in [0.5, 0.6) is 0 Å². The van der Waals surface area contributed by atoms with Gasteiger partial charge < -0.3 is 9.32 Å². The van der Waals surface area contributed by atoms with Crippen LogP contribution in [0.1, 0.15) is 19.6 Å². The smallest absolute Gasteiger partial charge is 0.232 e. The molecule has 6 heteroatoms. The zero-order chi connectivity index (χ0) is 15.9. The Morgan fingerprint density at radius 1 is 1.41 bits per heavy atom. The first-order valence-corrected chi connectivity index (χ1v) is 8.79. The van der Waals surface area contributed by atoms with Gasteiger partial charge in [-0.25, -0.2) is 0 Å². The summed E-state index contributed by atoms with van der Waals surface area (Å²) in [6.45, 7) is 7.12. The molecule has 22 heavy (non-hydrogen) atoms. The molecule has 1 aliphatic heterocycles. The molecule has 1 amide bonds. The van der Waals surface area contributed by atoms with Gasteiger partial charge in [-0.1, -0.05) is 13.8 Å². The number of nitriles is 1. The van der Waals surface area contributed by atoms with Crippen LogP contribution in [-0.4, -0.2) is 53.7 Å². The summed E-state index contributed by atoms with van der Waals surface area (Å²) in [5.74, 6) is 2.59. The highest BCUT2D eigenvalue weighted by molar-refractivity contribution is 7.99. The molecule has 0 aromatic carbocycles. The molecule has 1 saturated heterocycles. The minimum absolute atomic E-state index is 0.0504. The first-order chi connectivity index (χ1) is 10.6. The molecule has 1 aromatic heterocycles. The molecule has 1 aromatic rings. The van der Waals surface area contributed by atoms with Crippen molar-refractivity contribution in [3.8, 4) is 6.07 Å². The number of nitrogens with zero attached hydrogens (tertiary/aromatic N) is 3. The quantitative estimate of drug-likeness (QED) is 0.804. The lowest BCUT2D eigenvalue weighted by atomic mass is 10.0. The van der Waals surface area contributed by atoms with E-state index in [4.69, 9.17) is 4.42 Å². The molecule has 0 bridgehead atoms. The van der Waals surface area contributed by atoms with Gasteiger partial charge in [0.05, 0.1) is 23.8 Å². The van der Waals surface area contributed by atoms with E-state index in [0.29, 0.717) is 24.8 Å². The fourth-order valence-electron chi connectivity index (χ4n) is 2.63. The topological polar surface area (TPSA) is 60.5 Å². The number of carbonyl (C=O) groups excluding carboxylic acids is 1. The monoisotopic (exact) mass is 321 g/mol. The van der Waals surface area contributed by atoms with E-state index in [1.807, 2.05) is 17.0 Å². The molecule has 120 valence electrons. The van der Waals surface area contributed by atoms with Crippen LogP contribution in [0.4, 0.5) is 0 Å². The molecular weight excluding hydrogens is 298 g/mol. The first kappa shape index (κ1) is 16.9. The summed E-state index contributed by atoms with van der Waals surface area (Å²) in [7, 11) is 0. The Balaban J connectivity index is 1.72. The summed E-state index contributed by atoms with van der Waals surface area (Å²) in [4.78, 5) is 16.3. The fourth-order valence-corrected chi connectivity index (χ4v) is 3.45. The minimum Gasteiger partial charge on any atom is -0.468 e. The van der Waals surface area contributed by atoms with Crippen LogP contribution in [0.2, 0.25) is 0 Å². The number of carbonyl (C=O) groups is 1. The Bertz CT molecular complexity index is 502. The van der Waals surface area contributed by atoms with Crippen LogP contribution in [0, 0.1) is 17.2 Å². The molecule has 0 spiro atoms. The molecule has 1 unspecified atom stereocenters. The highest BCUT2D eigenvalue weighted by Gasteiger charge is 2.27. The van der Waals surface area contributed by atoms with Crippen molar-refractivity contribution < 1.29 is 9.21 Å². The van der Waals surface area contributed by atoms with Crippen molar-refractivity contribution >= 4 is 17.7 Å². The first-order valence-electron chi connectivity index (χ1n) is 7.63. The van der Waals surface area contributed by atoms with E-state index in [-0.39, 0.29) is 11.9 Å². The van der Waals surface area contributed by atoms with Gasteiger partial charge in [0.1, 0.15) is 11.8 Å². The summed E-state index contributed by atoms with van der Waals surface area (Å²) >= 11 is 1.58.